The third-order valence-corrected chi connectivity index (χ3v) is 4.46. The number of carbonyl (C=O) groups excluding carboxylic acids is 1. The first-order chi connectivity index (χ1) is 12.9. The normalized spacial score (nSPS) is 20.1. The molecule has 7 nitrogen and oxygen atoms in total. The van der Waals surface area contributed by atoms with Crippen LogP contribution in [0, 0.1) is 5.82 Å². The van der Waals surface area contributed by atoms with E-state index in [1.54, 1.807) is 15.8 Å². The van der Waals surface area contributed by atoms with E-state index in [-0.39, 0.29) is 30.5 Å². The number of aryl methyl sites for hydroxylation is 1. The topological polar surface area (TPSA) is 59.8 Å². The zero-order valence-corrected chi connectivity index (χ0v) is 15.8. The molecule has 1 aromatic heterocycles. The summed E-state index contributed by atoms with van der Waals surface area (Å²) in [6, 6.07) is 5.39. The number of morpholine rings is 1. The largest absolute Gasteiger partial charge is 0.484 e. The van der Waals surface area contributed by atoms with Gasteiger partial charge in [0.05, 0.1) is 24.9 Å². The number of aromatic nitrogens is 2. The Labute approximate surface area is 158 Å². The molecule has 0 saturated carbocycles. The smallest absolute Gasteiger partial charge is 0.261 e. The van der Waals surface area contributed by atoms with E-state index in [2.05, 4.69) is 5.10 Å². The summed E-state index contributed by atoms with van der Waals surface area (Å²) < 4.78 is 26.2. The first kappa shape index (κ1) is 19.3. The maximum absolute atomic E-state index is 13.0. The highest BCUT2D eigenvalue weighted by molar-refractivity contribution is 5.78. The minimum atomic E-state index is -0.343. The van der Waals surface area contributed by atoms with Gasteiger partial charge in [0.25, 0.3) is 5.91 Å². The van der Waals surface area contributed by atoms with Crippen molar-refractivity contribution in [1.29, 1.82) is 0 Å². The number of hydrogen-bond acceptors (Lipinski definition) is 5. The highest BCUT2D eigenvalue weighted by Crippen LogP contribution is 2.30. The lowest BCUT2D eigenvalue weighted by Crippen LogP contribution is -2.52. The van der Waals surface area contributed by atoms with E-state index in [1.165, 1.54) is 24.3 Å². The summed E-state index contributed by atoms with van der Waals surface area (Å²) in [5.41, 5.74) is 0.930. The number of likely N-dealkylation sites (N-methyl/N-ethyl adjacent to an activating group) is 1. The van der Waals surface area contributed by atoms with Crippen LogP contribution in [0.1, 0.15) is 11.6 Å². The molecule has 2 aromatic rings. The molecule has 0 spiro atoms. The standard InChI is InChI=1S/C19H25FN4O3/c1-22(2)12-17-19(14-10-21-23(3)11-14)24(8-9-26-17)18(25)13-27-16-6-4-15(20)5-7-16/h4-7,10-11,17,19H,8-9,12-13H2,1-3H3/t17-,19-/m0/s1. The summed E-state index contributed by atoms with van der Waals surface area (Å²) in [5.74, 6) is -0.0222. The van der Waals surface area contributed by atoms with Crippen LogP contribution < -0.4 is 4.74 Å². The van der Waals surface area contributed by atoms with Gasteiger partial charge in [-0.2, -0.15) is 5.10 Å². The number of carbonyl (C=O) groups is 1. The summed E-state index contributed by atoms with van der Waals surface area (Å²) in [5, 5.41) is 4.24. The van der Waals surface area contributed by atoms with Crippen molar-refractivity contribution in [2.24, 2.45) is 7.05 Å². The van der Waals surface area contributed by atoms with E-state index in [0.717, 1.165) is 5.56 Å². The minimum absolute atomic E-state index is 0.114. The molecule has 8 heteroatoms. The van der Waals surface area contributed by atoms with E-state index >= 15 is 0 Å². The molecule has 1 saturated heterocycles. The highest BCUT2D eigenvalue weighted by atomic mass is 19.1. The van der Waals surface area contributed by atoms with Crippen LogP contribution in [0.15, 0.2) is 36.7 Å². The predicted octanol–water partition coefficient (Wildman–Crippen LogP) is 1.47. The molecule has 2 atom stereocenters. The molecule has 1 aliphatic rings. The van der Waals surface area contributed by atoms with Gasteiger partial charge in [-0.1, -0.05) is 0 Å². The van der Waals surface area contributed by atoms with Gasteiger partial charge in [-0.25, -0.2) is 4.39 Å². The van der Waals surface area contributed by atoms with Crippen molar-refractivity contribution in [3.8, 4) is 5.75 Å². The number of hydrogen-bond donors (Lipinski definition) is 0. The van der Waals surface area contributed by atoms with Crippen molar-refractivity contribution in [3.05, 3.63) is 48.0 Å². The number of halogens is 1. The highest BCUT2D eigenvalue weighted by Gasteiger charge is 2.37. The summed E-state index contributed by atoms with van der Waals surface area (Å²) >= 11 is 0. The van der Waals surface area contributed by atoms with E-state index in [1.807, 2.05) is 32.2 Å². The summed E-state index contributed by atoms with van der Waals surface area (Å²) in [7, 11) is 5.79. The van der Waals surface area contributed by atoms with Crippen molar-refractivity contribution < 1.29 is 18.7 Å². The summed E-state index contributed by atoms with van der Waals surface area (Å²) in [6.45, 7) is 1.52. The predicted molar refractivity (Wildman–Crippen MR) is 97.9 cm³/mol. The molecule has 0 N–H and O–H groups in total. The molecular formula is C19H25FN4O3. The van der Waals surface area contributed by atoms with E-state index in [9.17, 15) is 9.18 Å². The first-order valence-electron chi connectivity index (χ1n) is 8.87. The maximum Gasteiger partial charge on any atom is 0.261 e. The number of benzene rings is 1. The van der Waals surface area contributed by atoms with Gasteiger partial charge in [-0.3, -0.25) is 9.48 Å². The monoisotopic (exact) mass is 376 g/mol. The first-order valence-corrected chi connectivity index (χ1v) is 8.87. The number of ether oxygens (including phenoxy) is 2. The Morgan fingerprint density at radius 2 is 2.11 bits per heavy atom. The molecule has 3 rings (SSSR count). The van der Waals surface area contributed by atoms with Gasteiger partial charge in [0.1, 0.15) is 11.6 Å². The minimum Gasteiger partial charge on any atom is -0.484 e. The molecule has 0 radical (unpaired) electrons. The average molecular weight is 376 g/mol. The van der Waals surface area contributed by atoms with E-state index < -0.39 is 0 Å². The van der Waals surface area contributed by atoms with Gasteiger partial charge in [-0.15, -0.1) is 0 Å². The van der Waals surface area contributed by atoms with Crippen LogP contribution in [0.4, 0.5) is 4.39 Å². The summed E-state index contributed by atoms with van der Waals surface area (Å²) in [4.78, 5) is 16.7. The molecular weight excluding hydrogens is 351 g/mol. The lowest BCUT2D eigenvalue weighted by atomic mass is 10.0. The summed E-state index contributed by atoms with van der Waals surface area (Å²) in [6.07, 6.45) is 3.51. The number of nitrogens with zero attached hydrogens (tertiary/aromatic N) is 4. The van der Waals surface area contributed by atoms with Crippen molar-refractivity contribution in [1.82, 2.24) is 19.6 Å². The number of rotatable bonds is 6. The lowest BCUT2D eigenvalue weighted by Gasteiger charge is -2.41. The van der Waals surface area contributed by atoms with Crippen molar-refractivity contribution in [2.45, 2.75) is 12.1 Å². The second-order valence-corrected chi connectivity index (χ2v) is 6.89. The van der Waals surface area contributed by atoms with E-state index in [4.69, 9.17) is 9.47 Å². The van der Waals surface area contributed by atoms with Crippen molar-refractivity contribution >= 4 is 5.91 Å². The molecule has 2 heterocycles. The quantitative estimate of drug-likeness (QED) is 0.764. The fraction of sp³-hybridized carbons (Fsp3) is 0.474. The van der Waals surface area contributed by atoms with E-state index in [0.29, 0.717) is 25.4 Å². The second-order valence-electron chi connectivity index (χ2n) is 6.89. The Bertz CT molecular complexity index is 763. The molecule has 1 fully saturated rings. The van der Waals surface area contributed by atoms with Gasteiger partial charge >= 0.3 is 0 Å². The van der Waals surface area contributed by atoms with Gasteiger partial charge in [0.15, 0.2) is 6.61 Å². The zero-order chi connectivity index (χ0) is 19.4. The second kappa shape index (κ2) is 8.49. The molecule has 1 aromatic carbocycles. The molecule has 0 unspecified atom stereocenters. The Morgan fingerprint density at radius 1 is 1.37 bits per heavy atom. The molecule has 1 aliphatic heterocycles. The van der Waals surface area contributed by atoms with Gasteiger partial charge < -0.3 is 19.3 Å². The van der Waals surface area contributed by atoms with Gasteiger partial charge in [0, 0.05) is 31.9 Å². The van der Waals surface area contributed by atoms with Crippen LogP contribution >= 0.6 is 0 Å². The molecule has 0 bridgehead atoms. The SMILES string of the molecule is CN(C)C[C@@H]1OCCN(C(=O)COc2ccc(F)cc2)[C@H]1c1cnn(C)c1. The van der Waals surface area contributed by atoms with Crippen molar-refractivity contribution in [2.75, 3.05) is 40.4 Å². The Kier molecular flexibility index (Phi) is 6.08. The van der Waals surface area contributed by atoms with Crippen LogP contribution in [-0.2, 0) is 16.6 Å². The fourth-order valence-electron chi connectivity index (χ4n) is 3.27. The molecule has 27 heavy (non-hydrogen) atoms. The average Bonchev–Trinajstić information content (AvgIpc) is 3.06. The fourth-order valence-corrected chi connectivity index (χ4v) is 3.27. The third-order valence-electron chi connectivity index (χ3n) is 4.46. The lowest BCUT2D eigenvalue weighted by molar-refractivity contribution is -0.150. The Balaban J connectivity index is 1.75. The Morgan fingerprint density at radius 3 is 2.74 bits per heavy atom. The Hall–Kier alpha value is -2.45. The van der Waals surface area contributed by atoms with Crippen LogP contribution in [0.2, 0.25) is 0 Å². The van der Waals surface area contributed by atoms with Crippen LogP contribution in [0.25, 0.3) is 0 Å². The zero-order valence-electron chi connectivity index (χ0n) is 15.8. The molecule has 146 valence electrons. The number of amides is 1. The van der Waals surface area contributed by atoms with Crippen molar-refractivity contribution in [3.63, 3.8) is 0 Å². The van der Waals surface area contributed by atoms with Crippen LogP contribution in [0.5, 0.6) is 5.75 Å². The maximum atomic E-state index is 13.0. The third kappa shape index (κ3) is 4.84. The van der Waals surface area contributed by atoms with Crippen LogP contribution in [-0.4, -0.2) is 72.0 Å². The van der Waals surface area contributed by atoms with Crippen LogP contribution in [0.3, 0.4) is 0 Å². The van der Waals surface area contributed by atoms with Gasteiger partial charge in [-0.05, 0) is 38.4 Å². The molecule has 1 amide bonds. The van der Waals surface area contributed by atoms with Gasteiger partial charge in [0.2, 0.25) is 0 Å². The molecule has 0 aliphatic carbocycles.